The molecule has 3 aromatic rings. The van der Waals surface area contributed by atoms with Crippen LogP contribution in [0.1, 0.15) is 43.0 Å². The average molecular weight is 506 g/mol. The maximum absolute atomic E-state index is 13.6. The van der Waals surface area contributed by atoms with E-state index in [2.05, 4.69) is 36.2 Å². The maximum atomic E-state index is 13.6. The smallest absolute Gasteiger partial charge is 0.240 e. The van der Waals surface area contributed by atoms with E-state index >= 15 is 0 Å². The Morgan fingerprint density at radius 1 is 0.811 bits per heavy atom. The Labute approximate surface area is 219 Å². The molecular formula is C31H37F2N3O. The van der Waals surface area contributed by atoms with Crippen molar-refractivity contribution in [2.75, 3.05) is 32.7 Å². The van der Waals surface area contributed by atoms with Gasteiger partial charge in [-0.1, -0.05) is 68.4 Å². The third-order valence-electron chi connectivity index (χ3n) is 7.06. The van der Waals surface area contributed by atoms with Gasteiger partial charge in [-0.2, -0.15) is 0 Å². The zero-order valence-electron chi connectivity index (χ0n) is 21.7. The van der Waals surface area contributed by atoms with Crippen molar-refractivity contribution in [2.24, 2.45) is 5.92 Å². The summed E-state index contributed by atoms with van der Waals surface area (Å²) in [4.78, 5) is 17.9. The van der Waals surface area contributed by atoms with E-state index in [0.717, 1.165) is 29.7 Å². The van der Waals surface area contributed by atoms with Crippen molar-refractivity contribution in [3.8, 4) is 0 Å². The quantitative estimate of drug-likeness (QED) is 0.398. The first-order chi connectivity index (χ1) is 17.9. The molecule has 1 atom stereocenters. The van der Waals surface area contributed by atoms with E-state index in [1.807, 2.05) is 23.1 Å². The molecule has 1 amide bonds. The van der Waals surface area contributed by atoms with Crippen LogP contribution in [0.25, 0.3) is 0 Å². The standard InChI is InChI=1S/C31H37F2N3O/c1-23(2)16-17-34-29(22-24-6-4-3-5-7-24)31(37)36-20-18-35(19-21-36)30(25-8-12-27(32)13-9-25)26-10-14-28(33)15-11-26/h3-15,23,29-30,34H,16-22H2,1-2H3/t29-/m0/s1. The third-order valence-corrected chi connectivity index (χ3v) is 7.06. The molecule has 3 aromatic carbocycles. The summed E-state index contributed by atoms with van der Waals surface area (Å²) in [5.41, 5.74) is 3.04. The van der Waals surface area contributed by atoms with Gasteiger partial charge >= 0.3 is 0 Å². The van der Waals surface area contributed by atoms with E-state index in [1.54, 1.807) is 24.3 Å². The van der Waals surface area contributed by atoms with E-state index in [0.29, 0.717) is 38.5 Å². The van der Waals surface area contributed by atoms with Crippen LogP contribution in [-0.2, 0) is 11.2 Å². The molecule has 0 aromatic heterocycles. The van der Waals surface area contributed by atoms with E-state index < -0.39 is 0 Å². The summed E-state index contributed by atoms with van der Waals surface area (Å²) in [6, 6.07) is 22.7. The van der Waals surface area contributed by atoms with Crippen LogP contribution in [0.2, 0.25) is 0 Å². The normalized spacial score (nSPS) is 15.4. The van der Waals surface area contributed by atoms with Gasteiger partial charge in [0.05, 0.1) is 12.1 Å². The second kappa shape index (κ2) is 12.9. The molecular weight excluding hydrogens is 468 g/mol. The van der Waals surface area contributed by atoms with Gasteiger partial charge < -0.3 is 10.2 Å². The number of nitrogens with one attached hydrogen (secondary N) is 1. The summed E-state index contributed by atoms with van der Waals surface area (Å²) in [5.74, 6) is 0.128. The van der Waals surface area contributed by atoms with E-state index in [1.165, 1.54) is 24.3 Å². The third kappa shape index (κ3) is 7.46. The zero-order chi connectivity index (χ0) is 26.2. The highest BCUT2D eigenvalue weighted by molar-refractivity contribution is 5.82. The van der Waals surface area contributed by atoms with Crippen molar-refractivity contribution in [1.29, 1.82) is 0 Å². The monoisotopic (exact) mass is 505 g/mol. The van der Waals surface area contributed by atoms with Gasteiger partial charge in [0.1, 0.15) is 11.6 Å². The summed E-state index contributed by atoms with van der Waals surface area (Å²) in [7, 11) is 0. The Balaban J connectivity index is 1.46. The molecule has 0 saturated carbocycles. The molecule has 4 nitrogen and oxygen atoms in total. The molecule has 196 valence electrons. The molecule has 37 heavy (non-hydrogen) atoms. The van der Waals surface area contributed by atoms with Crippen molar-refractivity contribution in [2.45, 2.75) is 38.8 Å². The summed E-state index contributed by atoms with van der Waals surface area (Å²) < 4.78 is 27.3. The molecule has 1 fully saturated rings. The molecule has 0 bridgehead atoms. The molecule has 1 aliphatic rings. The zero-order valence-corrected chi connectivity index (χ0v) is 21.7. The van der Waals surface area contributed by atoms with Gasteiger partial charge in [-0.25, -0.2) is 8.78 Å². The highest BCUT2D eigenvalue weighted by atomic mass is 19.1. The van der Waals surface area contributed by atoms with Crippen molar-refractivity contribution in [3.05, 3.63) is 107 Å². The number of nitrogens with zero attached hydrogens (tertiary/aromatic N) is 2. The number of amides is 1. The minimum absolute atomic E-state index is 0.132. The van der Waals surface area contributed by atoms with Crippen molar-refractivity contribution < 1.29 is 13.6 Å². The molecule has 0 aliphatic carbocycles. The number of carbonyl (C=O) groups is 1. The van der Waals surface area contributed by atoms with Crippen LogP contribution in [0.5, 0.6) is 0 Å². The van der Waals surface area contributed by atoms with Crippen LogP contribution >= 0.6 is 0 Å². The van der Waals surface area contributed by atoms with Crippen LogP contribution < -0.4 is 5.32 Å². The lowest BCUT2D eigenvalue weighted by atomic mass is 9.96. The van der Waals surface area contributed by atoms with Gasteiger partial charge in [-0.05, 0) is 66.3 Å². The van der Waals surface area contributed by atoms with E-state index in [-0.39, 0.29) is 29.6 Å². The Morgan fingerprint density at radius 3 is 1.86 bits per heavy atom. The highest BCUT2D eigenvalue weighted by Gasteiger charge is 2.31. The number of piperazine rings is 1. The van der Waals surface area contributed by atoms with Crippen molar-refractivity contribution >= 4 is 5.91 Å². The molecule has 1 heterocycles. The molecule has 1 saturated heterocycles. The minimum Gasteiger partial charge on any atom is -0.339 e. The topological polar surface area (TPSA) is 35.6 Å². The van der Waals surface area contributed by atoms with Gasteiger partial charge in [-0.3, -0.25) is 9.69 Å². The Kier molecular flexibility index (Phi) is 9.42. The first-order valence-electron chi connectivity index (χ1n) is 13.2. The first-order valence-corrected chi connectivity index (χ1v) is 13.2. The lowest BCUT2D eigenvalue weighted by molar-refractivity contribution is -0.135. The average Bonchev–Trinajstić information content (AvgIpc) is 2.91. The van der Waals surface area contributed by atoms with Crippen LogP contribution in [0, 0.1) is 17.6 Å². The van der Waals surface area contributed by atoms with Crippen molar-refractivity contribution in [1.82, 2.24) is 15.1 Å². The first kappa shape index (κ1) is 27.0. The van der Waals surface area contributed by atoms with Crippen LogP contribution in [0.4, 0.5) is 8.78 Å². The summed E-state index contributed by atoms with van der Waals surface area (Å²) in [6.07, 6.45) is 1.68. The summed E-state index contributed by atoms with van der Waals surface area (Å²) in [5, 5.41) is 3.52. The van der Waals surface area contributed by atoms with Crippen LogP contribution in [0.15, 0.2) is 78.9 Å². The molecule has 6 heteroatoms. The number of rotatable bonds is 10. The molecule has 4 rings (SSSR count). The van der Waals surface area contributed by atoms with Gasteiger partial charge in [0.2, 0.25) is 5.91 Å². The lowest BCUT2D eigenvalue weighted by Crippen LogP contribution is -2.55. The SMILES string of the molecule is CC(C)CCN[C@@H](Cc1ccccc1)C(=O)N1CCN(C(c2ccc(F)cc2)c2ccc(F)cc2)CC1. The minimum atomic E-state index is -0.286. The van der Waals surface area contributed by atoms with Gasteiger partial charge in [0, 0.05) is 26.2 Å². The fourth-order valence-corrected chi connectivity index (χ4v) is 4.97. The molecule has 0 spiro atoms. The fourth-order valence-electron chi connectivity index (χ4n) is 4.97. The predicted octanol–water partition coefficient (Wildman–Crippen LogP) is 5.45. The number of hydrogen-bond donors (Lipinski definition) is 1. The molecule has 0 unspecified atom stereocenters. The Bertz CT molecular complexity index is 1070. The number of halogens is 2. The molecule has 1 N–H and O–H groups in total. The van der Waals surface area contributed by atoms with Gasteiger partial charge in [0.15, 0.2) is 0 Å². The van der Waals surface area contributed by atoms with Crippen LogP contribution in [0.3, 0.4) is 0 Å². The Hall–Kier alpha value is -3.09. The number of hydrogen-bond acceptors (Lipinski definition) is 3. The lowest BCUT2D eigenvalue weighted by Gasteiger charge is -2.41. The van der Waals surface area contributed by atoms with E-state index in [9.17, 15) is 13.6 Å². The van der Waals surface area contributed by atoms with Gasteiger partial charge in [-0.15, -0.1) is 0 Å². The predicted molar refractivity (Wildman–Crippen MR) is 144 cm³/mol. The summed E-state index contributed by atoms with van der Waals surface area (Å²) in [6.45, 7) is 7.74. The number of benzene rings is 3. The van der Waals surface area contributed by atoms with E-state index in [4.69, 9.17) is 0 Å². The second-order valence-electron chi connectivity index (χ2n) is 10.2. The number of carbonyl (C=O) groups excluding carboxylic acids is 1. The fraction of sp³-hybridized carbons (Fsp3) is 0.387. The summed E-state index contributed by atoms with van der Waals surface area (Å²) >= 11 is 0. The molecule has 0 radical (unpaired) electrons. The second-order valence-corrected chi connectivity index (χ2v) is 10.2. The highest BCUT2D eigenvalue weighted by Crippen LogP contribution is 2.30. The molecule has 1 aliphatic heterocycles. The van der Waals surface area contributed by atoms with Crippen LogP contribution in [-0.4, -0.2) is 54.5 Å². The largest absolute Gasteiger partial charge is 0.339 e. The van der Waals surface area contributed by atoms with Gasteiger partial charge in [0.25, 0.3) is 0 Å². The Morgan fingerprint density at radius 2 is 1.35 bits per heavy atom. The van der Waals surface area contributed by atoms with Crippen molar-refractivity contribution in [3.63, 3.8) is 0 Å². The maximum Gasteiger partial charge on any atom is 0.240 e.